The summed E-state index contributed by atoms with van der Waals surface area (Å²) in [6.45, 7) is 4.99. The van der Waals surface area contributed by atoms with Gasteiger partial charge in [0, 0.05) is 18.7 Å². The lowest BCUT2D eigenvalue weighted by molar-refractivity contribution is 0.416. The molecular formula is C12H19FN2O. The largest absolute Gasteiger partial charge is 0.495 e. The molecule has 1 aromatic rings. The molecule has 0 unspecified atom stereocenters. The maximum absolute atomic E-state index is 13.5. The second-order valence-electron chi connectivity index (χ2n) is 4.18. The summed E-state index contributed by atoms with van der Waals surface area (Å²) in [5.41, 5.74) is 6.34. The second-order valence-corrected chi connectivity index (χ2v) is 4.18. The van der Waals surface area contributed by atoms with E-state index in [1.165, 1.54) is 13.2 Å². The average molecular weight is 226 g/mol. The molecule has 0 radical (unpaired) electrons. The van der Waals surface area contributed by atoms with Crippen LogP contribution in [0.25, 0.3) is 0 Å². The Morgan fingerprint density at radius 2 is 2.12 bits per heavy atom. The summed E-state index contributed by atoms with van der Waals surface area (Å²) in [4.78, 5) is 0. The number of nitrogens with two attached hydrogens (primary N) is 1. The van der Waals surface area contributed by atoms with Crippen molar-refractivity contribution < 1.29 is 9.13 Å². The summed E-state index contributed by atoms with van der Waals surface area (Å²) < 4.78 is 18.5. The summed E-state index contributed by atoms with van der Waals surface area (Å²) in [5, 5.41) is 3.04. The summed E-state index contributed by atoms with van der Waals surface area (Å²) in [6.07, 6.45) is 0.992. The standard InChI is InChI=1S/C12H19FN2O/c1-8(2)4-5-15-11-7-12(16-3)10(14)6-9(11)13/h6-8,15H,4-5,14H2,1-3H3. The molecule has 0 bridgehead atoms. The van der Waals surface area contributed by atoms with Gasteiger partial charge in [-0.15, -0.1) is 0 Å². The number of hydrogen-bond donors (Lipinski definition) is 2. The van der Waals surface area contributed by atoms with Gasteiger partial charge in [0.15, 0.2) is 0 Å². The van der Waals surface area contributed by atoms with E-state index in [1.807, 2.05) is 0 Å². The molecule has 4 heteroatoms. The number of methoxy groups -OCH3 is 1. The lowest BCUT2D eigenvalue weighted by Gasteiger charge is -2.12. The van der Waals surface area contributed by atoms with Gasteiger partial charge in [-0.05, 0) is 12.3 Å². The molecule has 1 rings (SSSR count). The second kappa shape index (κ2) is 5.58. The van der Waals surface area contributed by atoms with Gasteiger partial charge in [-0.2, -0.15) is 0 Å². The Balaban J connectivity index is 2.72. The van der Waals surface area contributed by atoms with Crippen LogP contribution in [0.5, 0.6) is 5.75 Å². The van der Waals surface area contributed by atoms with Crippen LogP contribution in [0.1, 0.15) is 20.3 Å². The van der Waals surface area contributed by atoms with Gasteiger partial charge in [0.05, 0.1) is 18.5 Å². The highest BCUT2D eigenvalue weighted by Gasteiger charge is 2.07. The minimum Gasteiger partial charge on any atom is -0.495 e. The minimum atomic E-state index is -0.345. The Labute approximate surface area is 95.8 Å². The molecule has 0 saturated carbocycles. The van der Waals surface area contributed by atoms with Crippen molar-refractivity contribution in [3.05, 3.63) is 17.9 Å². The Morgan fingerprint density at radius 1 is 1.44 bits per heavy atom. The van der Waals surface area contributed by atoms with Gasteiger partial charge >= 0.3 is 0 Å². The summed E-state index contributed by atoms with van der Waals surface area (Å²) in [6, 6.07) is 2.86. The van der Waals surface area contributed by atoms with Crippen LogP contribution in [0.4, 0.5) is 15.8 Å². The van der Waals surface area contributed by atoms with Crippen LogP contribution >= 0.6 is 0 Å². The van der Waals surface area contributed by atoms with Gasteiger partial charge in [0.2, 0.25) is 0 Å². The van der Waals surface area contributed by atoms with E-state index in [-0.39, 0.29) is 5.82 Å². The van der Waals surface area contributed by atoms with E-state index in [0.29, 0.717) is 23.0 Å². The Hall–Kier alpha value is -1.45. The molecule has 0 amide bonds. The first kappa shape index (κ1) is 12.6. The molecule has 0 aliphatic heterocycles. The third-order valence-electron chi connectivity index (χ3n) is 2.36. The first-order chi connectivity index (χ1) is 7.54. The molecule has 0 aromatic heterocycles. The zero-order valence-corrected chi connectivity index (χ0v) is 10.0. The molecule has 0 atom stereocenters. The number of benzene rings is 1. The van der Waals surface area contributed by atoms with Crippen molar-refractivity contribution in [1.29, 1.82) is 0 Å². The molecule has 0 saturated heterocycles. The predicted octanol–water partition coefficient (Wildman–Crippen LogP) is 2.87. The molecule has 0 heterocycles. The molecule has 0 spiro atoms. The lowest BCUT2D eigenvalue weighted by Crippen LogP contribution is -2.07. The topological polar surface area (TPSA) is 47.3 Å². The molecule has 1 aromatic carbocycles. The van der Waals surface area contributed by atoms with Crippen molar-refractivity contribution in [1.82, 2.24) is 0 Å². The molecule has 0 aliphatic carbocycles. The normalized spacial score (nSPS) is 10.6. The van der Waals surface area contributed by atoms with Gasteiger partial charge in [0.25, 0.3) is 0 Å². The van der Waals surface area contributed by atoms with E-state index in [2.05, 4.69) is 19.2 Å². The van der Waals surface area contributed by atoms with E-state index in [9.17, 15) is 4.39 Å². The number of nitrogens with one attached hydrogen (secondary N) is 1. The van der Waals surface area contributed by atoms with Gasteiger partial charge in [-0.3, -0.25) is 0 Å². The number of halogens is 1. The molecule has 16 heavy (non-hydrogen) atoms. The Bertz CT molecular complexity index is 353. The van der Waals surface area contributed by atoms with Gasteiger partial charge in [0.1, 0.15) is 11.6 Å². The lowest BCUT2D eigenvalue weighted by atomic mass is 10.1. The van der Waals surface area contributed by atoms with E-state index >= 15 is 0 Å². The summed E-state index contributed by atoms with van der Waals surface area (Å²) >= 11 is 0. The van der Waals surface area contributed by atoms with Gasteiger partial charge in [-0.25, -0.2) is 4.39 Å². The van der Waals surface area contributed by atoms with Crippen LogP contribution in [-0.4, -0.2) is 13.7 Å². The van der Waals surface area contributed by atoms with E-state index in [0.717, 1.165) is 13.0 Å². The van der Waals surface area contributed by atoms with Crippen molar-refractivity contribution in [2.75, 3.05) is 24.7 Å². The number of nitrogen functional groups attached to an aromatic ring is 1. The fourth-order valence-corrected chi connectivity index (χ4v) is 1.38. The van der Waals surface area contributed by atoms with Crippen LogP contribution in [0, 0.1) is 11.7 Å². The summed E-state index contributed by atoms with van der Waals surface area (Å²) in [7, 11) is 1.52. The molecule has 3 N–H and O–H groups in total. The third kappa shape index (κ3) is 3.29. The van der Waals surface area contributed by atoms with Crippen molar-refractivity contribution in [3.8, 4) is 5.75 Å². The zero-order valence-electron chi connectivity index (χ0n) is 10.0. The third-order valence-corrected chi connectivity index (χ3v) is 2.36. The van der Waals surface area contributed by atoms with Crippen molar-refractivity contribution in [2.45, 2.75) is 20.3 Å². The summed E-state index contributed by atoms with van der Waals surface area (Å²) in [5.74, 6) is 0.738. The van der Waals surface area contributed by atoms with E-state index in [4.69, 9.17) is 10.5 Å². The SMILES string of the molecule is COc1cc(NCCC(C)C)c(F)cc1N. The van der Waals surface area contributed by atoms with Crippen LogP contribution in [0.3, 0.4) is 0 Å². The molecule has 90 valence electrons. The fraction of sp³-hybridized carbons (Fsp3) is 0.500. The average Bonchev–Trinajstić information content (AvgIpc) is 2.20. The Kier molecular flexibility index (Phi) is 4.40. The van der Waals surface area contributed by atoms with Gasteiger partial charge in [-0.1, -0.05) is 13.8 Å². The van der Waals surface area contributed by atoms with Crippen molar-refractivity contribution >= 4 is 11.4 Å². The van der Waals surface area contributed by atoms with Crippen molar-refractivity contribution in [3.63, 3.8) is 0 Å². The van der Waals surface area contributed by atoms with Gasteiger partial charge < -0.3 is 15.8 Å². The maximum atomic E-state index is 13.5. The van der Waals surface area contributed by atoms with E-state index < -0.39 is 0 Å². The smallest absolute Gasteiger partial charge is 0.148 e. The maximum Gasteiger partial charge on any atom is 0.148 e. The quantitative estimate of drug-likeness (QED) is 0.759. The monoisotopic (exact) mass is 226 g/mol. The minimum absolute atomic E-state index is 0.314. The number of ether oxygens (including phenoxy) is 1. The Morgan fingerprint density at radius 3 is 2.69 bits per heavy atom. The first-order valence-electron chi connectivity index (χ1n) is 5.41. The van der Waals surface area contributed by atoms with Crippen LogP contribution in [0.2, 0.25) is 0 Å². The van der Waals surface area contributed by atoms with Crippen LogP contribution in [-0.2, 0) is 0 Å². The zero-order chi connectivity index (χ0) is 12.1. The fourth-order valence-electron chi connectivity index (χ4n) is 1.38. The highest BCUT2D eigenvalue weighted by molar-refractivity contribution is 5.62. The van der Waals surface area contributed by atoms with E-state index in [1.54, 1.807) is 6.07 Å². The van der Waals surface area contributed by atoms with Crippen LogP contribution in [0.15, 0.2) is 12.1 Å². The number of rotatable bonds is 5. The highest BCUT2D eigenvalue weighted by Crippen LogP contribution is 2.28. The highest BCUT2D eigenvalue weighted by atomic mass is 19.1. The first-order valence-corrected chi connectivity index (χ1v) is 5.41. The predicted molar refractivity (Wildman–Crippen MR) is 65.3 cm³/mol. The molecular weight excluding hydrogens is 207 g/mol. The van der Waals surface area contributed by atoms with Crippen molar-refractivity contribution in [2.24, 2.45) is 5.92 Å². The molecule has 3 nitrogen and oxygen atoms in total. The number of hydrogen-bond acceptors (Lipinski definition) is 3. The van der Waals surface area contributed by atoms with Crippen LogP contribution < -0.4 is 15.8 Å². The number of anilines is 2. The molecule has 0 aliphatic rings. The molecule has 0 fully saturated rings.